The average molecular weight is 359 g/mol. The summed E-state index contributed by atoms with van der Waals surface area (Å²) in [6.07, 6.45) is 8.06. The van der Waals surface area contributed by atoms with E-state index in [2.05, 4.69) is 47.5 Å². The number of hydrogen-bond acceptors (Lipinski definition) is 2. The second-order valence-electron chi connectivity index (χ2n) is 6.38. The Morgan fingerprint density at radius 2 is 1.69 bits per heavy atom. The number of rotatable bonds is 3. The maximum atomic E-state index is 6.14. The van der Waals surface area contributed by atoms with Gasteiger partial charge in [0, 0.05) is 29.5 Å². The highest BCUT2D eigenvalue weighted by molar-refractivity contribution is 6.30. The van der Waals surface area contributed by atoms with E-state index in [4.69, 9.17) is 16.6 Å². The predicted molar refractivity (Wildman–Crippen MR) is 110 cm³/mol. The molecule has 0 unspecified atom stereocenters. The van der Waals surface area contributed by atoms with Crippen LogP contribution < -0.4 is 0 Å². The summed E-state index contributed by atoms with van der Waals surface area (Å²) in [6, 6.07) is 20.5. The van der Waals surface area contributed by atoms with Crippen molar-refractivity contribution in [3.05, 3.63) is 94.8 Å². The second-order valence-corrected chi connectivity index (χ2v) is 6.82. The van der Waals surface area contributed by atoms with Crippen molar-refractivity contribution < 1.29 is 0 Å². The molecule has 0 atom stereocenters. The number of nitrogens with zero attached hydrogens (tertiary/aromatic N) is 2. The van der Waals surface area contributed by atoms with Crippen LogP contribution in [0.1, 0.15) is 24.0 Å². The summed E-state index contributed by atoms with van der Waals surface area (Å²) in [5.74, 6) is 0. The molecule has 4 rings (SSSR count). The van der Waals surface area contributed by atoms with Gasteiger partial charge in [0.05, 0.1) is 5.71 Å². The average Bonchev–Trinajstić information content (AvgIpc) is 2.69. The van der Waals surface area contributed by atoms with Crippen LogP contribution in [0.2, 0.25) is 5.02 Å². The van der Waals surface area contributed by atoms with Crippen LogP contribution in [0.5, 0.6) is 0 Å². The van der Waals surface area contributed by atoms with Gasteiger partial charge in [0.1, 0.15) is 0 Å². The van der Waals surface area contributed by atoms with Gasteiger partial charge in [-0.05, 0) is 71.5 Å². The van der Waals surface area contributed by atoms with E-state index in [1.807, 2.05) is 30.5 Å². The minimum Gasteiger partial charge on any atom is -0.284 e. The van der Waals surface area contributed by atoms with Gasteiger partial charge in [-0.2, -0.15) is 0 Å². The van der Waals surface area contributed by atoms with E-state index in [9.17, 15) is 0 Å². The lowest BCUT2D eigenvalue weighted by Crippen LogP contribution is -2.11. The van der Waals surface area contributed by atoms with Crippen LogP contribution in [0.3, 0.4) is 0 Å². The normalized spacial score (nSPS) is 15.7. The van der Waals surface area contributed by atoms with E-state index in [-0.39, 0.29) is 0 Å². The Kier molecular flexibility index (Phi) is 4.94. The van der Waals surface area contributed by atoms with Crippen molar-refractivity contribution in [2.24, 2.45) is 4.99 Å². The van der Waals surface area contributed by atoms with Crippen LogP contribution >= 0.6 is 11.6 Å². The topological polar surface area (TPSA) is 25.2 Å². The Morgan fingerprint density at radius 3 is 2.50 bits per heavy atom. The summed E-state index contributed by atoms with van der Waals surface area (Å²) in [5, 5.41) is 0.754. The Labute approximate surface area is 158 Å². The standard InChI is InChI=1S/C23H19ClN2/c24-22-10-2-7-19(15-22)18-6-1-5-17(13-18)14-20-8-4-12-26-23(20)21-9-3-11-25-16-21/h1-3,5-7,9-11,13-16H,4,8,12H2. The molecule has 3 heteroatoms. The highest BCUT2D eigenvalue weighted by atomic mass is 35.5. The third-order valence-corrected chi connectivity index (χ3v) is 4.73. The van der Waals surface area contributed by atoms with Gasteiger partial charge in [-0.25, -0.2) is 0 Å². The summed E-state index contributed by atoms with van der Waals surface area (Å²) in [6.45, 7) is 0.879. The Bertz CT molecular complexity index is 974. The van der Waals surface area contributed by atoms with Gasteiger partial charge in [0.15, 0.2) is 0 Å². The van der Waals surface area contributed by atoms with E-state index in [1.165, 1.54) is 11.1 Å². The van der Waals surface area contributed by atoms with Crippen molar-refractivity contribution in [3.8, 4) is 11.1 Å². The molecule has 0 amide bonds. The van der Waals surface area contributed by atoms with Crippen molar-refractivity contribution in [1.29, 1.82) is 0 Å². The first kappa shape index (κ1) is 16.7. The highest BCUT2D eigenvalue weighted by Gasteiger charge is 2.14. The van der Waals surface area contributed by atoms with E-state index >= 15 is 0 Å². The molecular formula is C23H19ClN2. The maximum Gasteiger partial charge on any atom is 0.0694 e. The molecule has 2 heterocycles. The van der Waals surface area contributed by atoms with Crippen molar-refractivity contribution in [1.82, 2.24) is 4.98 Å². The van der Waals surface area contributed by atoms with Gasteiger partial charge in [-0.3, -0.25) is 9.98 Å². The fourth-order valence-corrected chi connectivity index (χ4v) is 3.47. The molecule has 0 fully saturated rings. The first-order valence-electron chi connectivity index (χ1n) is 8.81. The lowest BCUT2D eigenvalue weighted by atomic mass is 9.94. The molecule has 128 valence electrons. The second kappa shape index (κ2) is 7.67. The number of aromatic nitrogens is 1. The largest absolute Gasteiger partial charge is 0.284 e. The molecule has 2 nitrogen and oxygen atoms in total. The fourth-order valence-electron chi connectivity index (χ4n) is 3.28. The van der Waals surface area contributed by atoms with Crippen molar-refractivity contribution >= 4 is 23.4 Å². The lowest BCUT2D eigenvalue weighted by Gasteiger charge is -2.16. The number of halogens is 1. The number of benzene rings is 2. The zero-order valence-corrected chi connectivity index (χ0v) is 15.2. The van der Waals surface area contributed by atoms with E-state index in [0.717, 1.165) is 46.8 Å². The summed E-state index contributed by atoms with van der Waals surface area (Å²) in [5.41, 5.74) is 6.89. The maximum absolute atomic E-state index is 6.14. The van der Waals surface area contributed by atoms with Crippen LogP contribution in [0.4, 0.5) is 0 Å². The monoisotopic (exact) mass is 358 g/mol. The number of aliphatic imine (C=N–C) groups is 1. The third kappa shape index (κ3) is 3.76. The number of pyridine rings is 1. The summed E-state index contributed by atoms with van der Waals surface area (Å²) in [7, 11) is 0. The van der Waals surface area contributed by atoms with Crippen molar-refractivity contribution in [3.63, 3.8) is 0 Å². The molecule has 1 aliphatic heterocycles. The molecule has 0 aliphatic carbocycles. The van der Waals surface area contributed by atoms with Crippen LogP contribution in [-0.2, 0) is 0 Å². The quantitative estimate of drug-likeness (QED) is 0.558. The van der Waals surface area contributed by atoms with E-state index in [0.29, 0.717) is 0 Å². The first-order valence-corrected chi connectivity index (χ1v) is 9.19. The van der Waals surface area contributed by atoms with Crippen molar-refractivity contribution in [2.45, 2.75) is 12.8 Å². The molecule has 0 saturated carbocycles. The number of hydrogen-bond donors (Lipinski definition) is 0. The molecular weight excluding hydrogens is 340 g/mol. The smallest absolute Gasteiger partial charge is 0.0694 e. The van der Waals surface area contributed by atoms with Gasteiger partial charge in [-0.1, -0.05) is 41.9 Å². The Hall–Kier alpha value is -2.71. The van der Waals surface area contributed by atoms with Crippen molar-refractivity contribution in [2.75, 3.05) is 6.54 Å². The molecule has 1 aliphatic rings. The minimum absolute atomic E-state index is 0.754. The molecule has 0 saturated heterocycles. The molecule has 0 N–H and O–H groups in total. The summed E-state index contributed by atoms with van der Waals surface area (Å²) in [4.78, 5) is 9.00. The minimum atomic E-state index is 0.754. The molecule has 3 aromatic rings. The molecule has 2 aromatic carbocycles. The van der Waals surface area contributed by atoms with Crippen LogP contribution in [0.25, 0.3) is 17.2 Å². The van der Waals surface area contributed by atoms with E-state index < -0.39 is 0 Å². The van der Waals surface area contributed by atoms with Gasteiger partial charge in [0.2, 0.25) is 0 Å². The zero-order valence-electron chi connectivity index (χ0n) is 14.4. The molecule has 26 heavy (non-hydrogen) atoms. The number of allylic oxidation sites excluding steroid dienone is 1. The van der Waals surface area contributed by atoms with Gasteiger partial charge in [-0.15, -0.1) is 0 Å². The molecule has 0 bridgehead atoms. The van der Waals surface area contributed by atoms with Gasteiger partial charge < -0.3 is 0 Å². The summed E-state index contributed by atoms with van der Waals surface area (Å²) >= 11 is 6.14. The predicted octanol–water partition coefficient (Wildman–Crippen LogP) is 6.07. The molecule has 0 radical (unpaired) electrons. The van der Waals surface area contributed by atoms with Crippen LogP contribution in [0, 0.1) is 0 Å². The van der Waals surface area contributed by atoms with Crippen LogP contribution in [-0.4, -0.2) is 17.2 Å². The SMILES string of the molecule is Clc1cccc(-c2cccc(C=C3CCCN=C3c3cccnc3)c2)c1. The van der Waals surface area contributed by atoms with Gasteiger partial charge in [0.25, 0.3) is 0 Å². The third-order valence-electron chi connectivity index (χ3n) is 4.50. The van der Waals surface area contributed by atoms with Crippen LogP contribution in [0.15, 0.2) is 83.6 Å². The zero-order chi connectivity index (χ0) is 17.8. The van der Waals surface area contributed by atoms with Gasteiger partial charge >= 0.3 is 0 Å². The Morgan fingerprint density at radius 1 is 0.885 bits per heavy atom. The first-order chi connectivity index (χ1) is 12.8. The van der Waals surface area contributed by atoms with E-state index in [1.54, 1.807) is 6.20 Å². The molecule has 0 spiro atoms. The molecule has 1 aromatic heterocycles. The lowest BCUT2D eigenvalue weighted by molar-refractivity contribution is 0.818. The fraction of sp³-hybridized carbons (Fsp3) is 0.130. The Balaban J connectivity index is 1.70. The summed E-state index contributed by atoms with van der Waals surface area (Å²) < 4.78 is 0. The highest BCUT2D eigenvalue weighted by Crippen LogP contribution is 2.26.